The minimum absolute atomic E-state index is 0.0681. The molecule has 4 heteroatoms. The molecule has 148 valence electrons. The summed E-state index contributed by atoms with van der Waals surface area (Å²) in [7, 11) is 0. The van der Waals surface area contributed by atoms with Gasteiger partial charge in [0.15, 0.2) is 5.78 Å². The van der Waals surface area contributed by atoms with E-state index in [9.17, 15) is 4.79 Å². The van der Waals surface area contributed by atoms with Crippen molar-refractivity contribution in [3.63, 3.8) is 0 Å². The van der Waals surface area contributed by atoms with Crippen LogP contribution in [0.3, 0.4) is 0 Å². The zero-order valence-corrected chi connectivity index (χ0v) is 17.4. The average Bonchev–Trinajstić information content (AvgIpc) is 3.12. The molecule has 3 nitrogen and oxygen atoms in total. The van der Waals surface area contributed by atoms with Gasteiger partial charge in [-0.15, -0.1) is 11.3 Å². The Morgan fingerprint density at radius 3 is 2.32 bits per heavy atom. The van der Waals surface area contributed by atoms with E-state index in [0.29, 0.717) is 18.2 Å². The maximum absolute atomic E-state index is 13.4. The molecule has 7 rings (SSSR count). The minimum Gasteiger partial charge on any atom is -0.298 e. The molecule has 0 spiro atoms. The van der Waals surface area contributed by atoms with Gasteiger partial charge in [0.25, 0.3) is 0 Å². The number of rotatable bonds is 4. The summed E-state index contributed by atoms with van der Waals surface area (Å²) in [4.78, 5) is 20.7. The van der Waals surface area contributed by atoms with Crippen molar-refractivity contribution in [3.05, 3.63) is 29.3 Å². The number of para-hydroxylation sites is 1. The Hall–Kier alpha value is -1.26. The summed E-state index contributed by atoms with van der Waals surface area (Å²) in [5.41, 5.74) is 1.21. The van der Waals surface area contributed by atoms with Crippen LogP contribution in [0.1, 0.15) is 62.3 Å². The second-order valence-corrected chi connectivity index (χ2v) is 11.3. The number of hydrogen-bond donors (Lipinski definition) is 0. The number of fused-ring (bicyclic) bond motifs is 1. The monoisotopic (exact) mass is 394 g/mol. The third-order valence-electron chi connectivity index (χ3n) is 8.24. The van der Waals surface area contributed by atoms with E-state index >= 15 is 0 Å². The largest absolute Gasteiger partial charge is 0.298 e. The van der Waals surface area contributed by atoms with Gasteiger partial charge in [0, 0.05) is 11.3 Å². The molecule has 1 aromatic heterocycles. The second kappa shape index (κ2) is 6.63. The molecule has 5 aliphatic rings. The van der Waals surface area contributed by atoms with Crippen molar-refractivity contribution in [2.75, 3.05) is 19.6 Å². The Bertz CT molecular complexity index is 827. The van der Waals surface area contributed by atoms with E-state index in [1.54, 1.807) is 0 Å². The molecular formula is C24H30N2OS. The zero-order valence-electron chi connectivity index (χ0n) is 16.6. The molecule has 0 amide bonds. The van der Waals surface area contributed by atoms with Crippen LogP contribution in [-0.2, 0) is 4.79 Å². The second-order valence-electron chi connectivity index (χ2n) is 10.2. The highest BCUT2D eigenvalue weighted by atomic mass is 32.1. The zero-order chi connectivity index (χ0) is 18.7. The molecular weight excluding hydrogens is 364 g/mol. The molecule has 1 aliphatic heterocycles. The summed E-state index contributed by atoms with van der Waals surface area (Å²) in [6.45, 7) is 2.82. The van der Waals surface area contributed by atoms with E-state index in [1.165, 1.54) is 48.2 Å². The van der Waals surface area contributed by atoms with Gasteiger partial charge in [0.05, 0.1) is 21.8 Å². The lowest BCUT2D eigenvalue weighted by atomic mass is 9.48. The standard InChI is InChI=1S/C24H30N2OS/c27-22(24-12-16-9-17(13-24)11-18(10-16)14-24)15-26-7-5-19(6-8-26)23-25-20-3-1-2-4-21(20)28-23/h1-4,16-19H,5-15H2. The average molecular weight is 395 g/mol. The summed E-state index contributed by atoms with van der Waals surface area (Å²) < 4.78 is 1.30. The van der Waals surface area contributed by atoms with Crippen LogP contribution in [0.15, 0.2) is 24.3 Å². The molecule has 5 fully saturated rings. The Morgan fingerprint density at radius 1 is 1.04 bits per heavy atom. The van der Waals surface area contributed by atoms with Crippen LogP contribution in [0, 0.1) is 23.2 Å². The quantitative estimate of drug-likeness (QED) is 0.709. The molecule has 1 aromatic carbocycles. The van der Waals surface area contributed by atoms with E-state index in [4.69, 9.17) is 4.98 Å². The van der Waals surface area contributed by atoms with E-state index < -0.39 is 0 Å². The number of Topliss-reactive ketones (excluding diaryl/α,β-unsaturated/α-hetero) is 1. The number of carbonyl (C=O) groups is 1. The summed E-state index contributed by atoms with van der Waals surface area (Å²) in [5.74, 6) is 3.74. The van der Waals surface area contributed by atoms with Crippen molar-refractivity contribution in [3.8, 4) is 0 Å². The van der Waals surface area contributed by atoms with Gasteiger partial charge >= 0.3 is 0 Å². The van der Waals surface area contributed by atoms with Gasteiger partial charge in [-0.3, -0.25) is 9.69 Å². The van der Waals surface area contributed by atoms with Crippen molar-refractivity contribution in [1.82, 2.24) is 9.88 Å². The number of benzene rings is 1. The number of likely N-dealkylation sites (tertiary alicyclic amines) is 1. The van der Waals surface area contributed by atoms with Gasteiger partial charge in [-0.2, -0.15) is 0 Å². The fraction of sp³-hybridized carbons (Fsp3) is 0.667. The van der Waals surface area contributed by atoms with Crippen LogP contribution in [-0.4, -0.2) is 35.3 Å². The predicted molar refractivity (Wildman–Crippen MR) is 114 cm³/mol. The van der Waals surface area contributed by atoms with Crippen molar-refractivity contribution < 1.29 is 4.79 Å². The molecule has 0 radical (unpaired) electrons. The molecule has 28 heavy (non-hydrogen) atoms. The third kappa shape index (κ3) is 2.95. The first-order chi connectivity index (χ1) is 13.7. The van der Waals surface area contributed by atoms with Crippen molar-refractivity contribution >= 4 is 27.3 Å². The Kier molecular flexibility index (Phi) is 4.17. The summed E-state index contributed by atoms with van der Waals surface area (Å²) in [6.07, 6.45) is 10.2. The maximum Gasteiger partial charge on any atom is 0.152 e. The van der Waals surface area contributed by atoms with Crippen LogP contribution in [0.4, 0.5) is 0 Å². The first-order valence-electron chi connectivity index (χ1n) is 11.3. The molecule has 4 saturated carbocycles. The van der Waals surface area contributed by atoms with Gasteiger partial charge < -0.3 is 0 Å². The summed E-state index contributed by atoms with van der Waals surface area (Å²) >= 11 is 1.86. The molecule has 0 unspecified atom stereocenters. The summed E-state index contributed by atoms with van der Waals surface area (Å²) in [5, 5.41) is 1.30. The summed E-state index contributed by atoms with van der Waals surface area (Å²) in [6, 6.07) is 8.47. The number of carbonyl (C=O) groups excluding carboxylic acids is 1. The van der Waals surface area contributed by atoms with Gasteiger partial charge in [0.1, 0.15) is 0 Å². The first-order valence-corrected chi connectivity index (χ1v) is 12.1. The Balaban J connectivity index is 1.10. The number of hydrogen-bond acceptors (Lipinski definition) is 4. The highest BCUT2D eigenvalue weighted by Gasteiger charge is 2.54. The number of ketones is 1. The van der Waals surface area contributed by atoms with Gasteiger partial charge in [-0.1, -0.05) is 12.1 Å². The molecule has 0 N–H and O–H groups in total. The molecule has 4 bridgehead atoms. The molecule has 1 saturated heterocycles. The molecule has 2 aromatic rings. The number of nitrogens with zero attached hydrogens (tertiary/aromatic N) is 2. The predicted octanol–water partition coefficient (Wildman–Crippen LogP) is 5.26. The SMILES string of the molecule is O=C(CN1CCC(c2nc3ccccc3s2)CC1)C12CC3CC(CC(C3)C1)C2. The highest BCUT2D eigenvalue weighted by Crippen LogP contribution is 2.60. The minimum atomic E-state index is 0.0681. The Morgan fingerprint density at radius 2 is 1.68 bits per heavy atom. The molecule has 2 heterocycles. The third-order valence-corrected chi connectivity index (χ3v) is 9.44. The van der Waals surface area contributed by atoms with E-state index in [1.807, 2.05) is 11.3 Å². The first kappa shape index (κ1) is 17.6. The van der Waals surface area contributed by atoms with Crippen molar-refractivity contribution in [2.24, 2.45) is 23.2 Å². The fourth-order valence-corrected chi connectivity index (χ4v) is 8.36. The number of thiazole rings is 1. The van der Waals surface area contributed by atoms with E-state index in [0.717, 1.165) is 49.2 Å². The van der Waals surface area contributed by atoms with Crippen LogP contribution in [0.2, 0.25) is 0 Å². The van der Waals surface area contributed by atoms with Crippen LogP contribution >= 0.6 is 11.3 Å². The van der Waals surface area contributed by atoms with Crippen LogP contribution < -0.4 is 0 Å². The molecule has 4 aliphatic carbocycles. The number of piperidine rings is 1. The topological polar surface area (TPSA) is 33.2 Å². The maximum atomic E-state index is 13.4. The van der Waals surface area contributed by atoms with E-state index in [2.05, 4.69) is 29.2 Å². The van der Waals surface area contributed by atoms with Gasteiger partial charge in [-0.25, -0.2) is 4.98 Å². The molecule has 0 atom stereocenters. The van der Waals surface area contributed by atoms with Gasteiger partial charge in [-0.05, 0) is 94.3 Å². The highest BCUT2D eigenvalue weighted by molar-refractivity contribution is 7.18. The lowest BCUT2D eigenvalue weighted by Gasteiger charge is -2.56. The van der Waals surface area contributed by atoms with Crippen LogP contribution in [0.25, 0.3) is 10.2 Å². The van der Waals surface area contributed by atoms with E-state index in [-0.39, 0.29) is 5.41 Å². The fourth-order valence-electron chi connectivity index (χ4n) is 7.23. The van der Waals surface area contributed by atoms with Crippen molar-refractivity contribution in [2.45, 2.75) is 57.3 Å². The lowest BCUT2D eigenvalue weighted by Crippen LogP contribution is -2.52. The van der Waals surface area contributed by atoms with Crippen LogP contribution in [0.5, 0.6) is 0 Å². The van der Waals surface area contributed by atoms with Crippen molar-refractivity contribution in [1.29, 1.82) is 0 Å². The van der Waals surface area contributed by atoms with Gasteiger partial charge in [0.2, 0.25) is 0 Å². The Labute approximate surface area is 171 Å². The number of aromatic nitrogens is 1. The smallest absolute Gasteiger partial charge is 0.152 e. The normalized spacial score (nSPS) is 35.6. The lowest BCUT2D eigenvalue weighted by molar-refractivity contribution is -0.145.